The molecule has 0 spiro atoms. The van der Waals surface area contributed by atoms with Crippen LogP contribution in [0.3, 0.4) is 0 Å². The van der Waals surface area contributed by atoms with Crippen LogP contribution < -0.4 is 10.5 Å². The van der Waals surface area contributed by atoms with Gasteiger partial charge in [-0.1, -0.05) is 24.3 Å². The zero-order valence-electron chi connectivity index (χ0n) is 14.2. The minimum atomic E-state index is -0.581. The normalized spacial score (nSPS) is 22.3. The lowest BCUT2D eigenvalue weighted by molar-refractivity contribution is -0.151. The van der Waals surface area contributed by atoms with Crippen LogP contribution in [0.1, 0.15) is 5.56 Å². The van der Waals surface area contributed by atoms with E-state index in [0.29, 0.717) is 17.2 Å². The first-order valence-corrected chi connectivity index (χ1v) is 9.61. The number of methoxy groups -OCH3 is 1. The summed E-state index contributed by atoms with van der Waals surface area (Å²) in [5.41, 5.74) is 7.64. The molecule has 1 unspecified atom stereocenters. The van der Waals surface area contributed by atoms with Gasteiger partial charge in [0.25, 0.3) is 0 Å². The number of hydrogen-bond acceptors (Lipinski definition) is 6. The molecule has 2 atom stereocenters. The van der Waals surface area contributed by atoms with E-state index in [0.717, 1.165) is 11.3 Å². The number of carbonyl (C=O) groups is 2. The number of thioether (sulfide) groups is 1. The van der Waals surface area contributed by atoms with Gasteiger partial charge in [-0.3, -0.25) is 9.69 Å². The number of alkyl halides is 1. The number of esters is 1. The van der Waals surface area contributed by atoms with Crippen molar-refractivity contribution >= 4 is 35.2 Å². The number of ether oxygens (including phenoxy) is 2. The average molecular weight is 395 g/mol. The number of amides is 1. The minimum Gasteiger partial charge on any atom is -0.497 e. The molecule has 0 saturated carbocycles. The molecule has 1 saturated heterocycles. The first-order chi connectivity index (χ1) is 12.6. The molecule has 26 heavy (non-hydrogen) atoms. The van der Waals surface area contributed by atoms with Gasteiger partial charge < -0.3 is 15.2 Å². The van der Waals surface area contributed by atoms with Crippen molar-refractivity contribution in [3.05, 3.63) is 53.3 Å². The van der Waals surface area contributed by atoms with Crippen LogP contribution >= 0.6 is 23.4 Å². The summed E-state index contributed by atoms with van der Waals surface area (Å²) in [6.07, 6.45) is 3.50. The quantitative estimate of drug-likeness (QED) is 0.451. The number of allylic oxidation sites excluding steroid dienone is 2. The van der Waals surface area contributed by atoms with E-state index in [-0.39, 0.29) is 23.6 Å². The van der Waals surface area contributed by atoms with E-state index in [4.69, 9.17) is 26.8 Å². The second-order valence-corrected chi connectivity index (χ2v) is 7.20. The van der Waals surface area contributed by atoms with E-state index >= 15 is 0 Å². The molecule has 138 valence electrons. The highest BCUT2D eigenvalue weighted by Gasteiger charge is 2.51. The summed E-state index contributed by atoms with van der Waals surface area (Å²) in [6.45, 7) is 0.102. The Morgan fingerprint density at radius 1 is 1.42 bits per heavy atom. The highest BCUT2D eigenvalue weighted by molar-refractivity contribution is 8.00. The van der Waals surface area contributed by atoms with E-state index in [1.807, 2.05) is 12.1 Å². The number of hydrogen-bond donors (Lipinski definition) is 1. The van der Waals surface area contributed by atoms with Crippen LogP contribution in [0.5, 0.6) is 5.75 Å². The van der Waals surface area contributed by atoms with Gasteiger partial charge in [0.05, 0.1) is 7.11 Å². The molecule has 6 nitrogen and oxygen atoms in total. The van der Waals surface area contributed by atoms with Gasteiger partial charge in [-0.15, -0.1) is 23.4 Å². The van der Waals surface area contributed by atoms with Gasteiger partial charge in [0.15, 0.2) is 0 Å². The molecular weight excluding hydrogens is 376 g/mol. The standard InChI is InChI=1S/C18H19ClN2O4S/c1-24-13-6-4-11(5-7-13)9-25-18(23)15-12(3-2-8-19)10-26-17-14(20)16(22)21(15)17/h2-7,14,17H,8-10,20H2,1H3/b3-2-/t14?,17-/m1/s1. The van der Waals surface area contributed by atoms with Crippen molar-refractivity contribution in [1.29, 1.82) is 0 Å². The third kappa shape index (κ3) is 3.60. The van der Waals surface area contributed by atoms with Gasteiger partial charge >= 0.3 is 5.97 Å². The maximum absolute atomic E-state index is 12.7. The summed E-state index contributed by atoms with van der Waals surface area (Å²) in [6, 6.07) is 6.64. The van der Waals surface area contributed by atoms with Gasteiger partial charge in [0, 0.05) is 11.6 Å². The monoisotopic (exact) mass is 394 g/mol. The summed E-state index contributed by atoms with van der Waals surface area (Å²) >= 11 is 7.23. The lowest BCUT2D eigenvalue weighted by atomic mass is 10.0. The van der Waals surface area contributed by atoms with Gasteiger partial charge in [0.1, 0.15) is 29.5 Å². The largest absolute Gasteiger partial charge is 0.497 e. The molecule has 2 aliphatic heterocycles. The van der Waals surface area contributed by atoms with E-state index in [1.54, 1.807) is 31.4 Å². The number of fused-ring (bicyclic) bond motifs is 1. The van der Waals surface area contributed by atoms with Gasteiger partial charge in [-0.2, -0.15) is 0 Å². The molecule has 0 bridgehead atoms. The lowest BCUT2D eigenvalue weighted by Crippen LogP contribution is -2.68. The summed E-state index contributed by atoms with van der Waals surface area (Å²) in [5.74, 6) is 0.807. The maximum atomic E-state index is 12.7. The Morgan fingerprint density at radius 3 is 2.81 bits per heavy atom. The van der Waals surface area contributed by atoms with Gasteiger partial charge in [-0.25, -0.2) is 4.79 Å². The van der Waals surface area contributed by atoms with Crippen LogP contribution in [-0.2, 0) is 20.9 Å². The molecule has 8 heteroatoms. The molecule has 2 heterocycles. The summed E-state index contributed by atoms with van der Waals surface area (Å²) in [4.78, 5) is 26.3. The first-order valence-electron chi connectivity index (χ1n) is 8.02. The predicted molar refractivity (Wildman–Crippen MR) is 101 cm³/mol. The smallest absolute Gasteiger partial charge is 0.355 e. The van der Waals surface area contributed by atoms with Crippen molar-refractivity contribution in [3.8, 4) is 5.75 Å². The number of β-lactam (4-membered cyclic amide) rings is 1. The molecule has 1 aromatic rings. The highest BCUT2D eigenvalue weighted by atomic mass is 35.5. The van der Waals surface area contributed by atoms with Crippen molar-refractivity contribution in [2.24, 2.45) is 5.73 Å². The third-order valence-electron chi connectivity index (χ3n) is 4.17. The van der Waals surface area contributed by atoms with Crippen LogP contribution in [0.15, 0.2) is 47.7 Å². The molecule has 0 aliphatic carbocycles. The first kappa shape index (κ1) is 18.8. The number of carbonyl (C=O) groups excluding carboxylic acids is 2. The number of benzene rings is 1. The Kier molecular flexibility index (Phi) is 5.90. The molecule has 2 aliphatic rings. The number of nitrogens with zero attached hydrogens (tertiary/aromatic N) is 1. The van der Waals surface area contributed by atoms with Gasteiger partial charge in [0.2, 0.25) is 5.91 Å². The molecule has 1 fully saturated rings. The lowest BCUT2D eigenvalue weighted by Gasteiger charge is -2.48. The molecule has 0 aromatic heterocycles. The predicted octanol–water partition coefficient (Wildman–Crippen LogP) is 2.03. The summed E-state index contributed by atoms with van der Waals surface area (Å²) in [5, 5.41) is -0.223. The Hall–Kier alpha value is -1.96. The average Bonchev–Trinajstić information content (AvgIpc) is 2.69. The van der Waals surface area contributed by atoms with E-state index < -0.39 is 12.0 Å². The van der Waals surface area contributed by atoms with Crippen LogP contribution in [0.4, 0.5) is 0 Å². The fraction of sp³-hybridized carbons (Fsp3) is 0.333. The molecule has 2 N–H and O–H groups in total. The SMILES string of the molecule is COc1ccc(COC(=O)C2=C(/C=C\CCl)CS[C@@H]3C(N)C(=O)N23)cc1. The van der Waals surface area contributed by atoms with Gasteiger partial charge in [-0.05, 0) is 23.3 Å². The van der Waals surface area contributed by atoms with Crippen molar-refractivity contribution < 1.29 is 19.1 Å². The van der Waals surface area contributed by atoms with E-state index in [2.05, 4.69) is 0 Å². The second-order valence-electron chi connectivity index (χ2n) is 5.79. The molecule has 1 aromatic carbocycles. The van der Waals surface area contributed by atoms with Crippen molar-refractivity contribution in [2.75, 3.05) is 18.7 Å². The molecule has 0 radical (unpaired) electrons. The van der Waals surface area contributed by atoms with Crippen LogP contribution in [0, 0.1) is 0 Å². The molecule has 3 rings (SSSR count). The Morgan fingerprint density at radius 2 is 2.15 bits per heavy atom. The number of rotatable bonds is 6. The minimum absolute atomic E-state index is 0.102. The van der Waals surface area contributed by atoms with Crippen molar-refractivity contribution in [1.82, 2.24) is 4.90 Å². The summed E-state index contributed by atoms with van der Waals surface area (Å²) in [7, 11) is 1.59. The van der Waals surface area contributed by atoms with Crippen molar-refractivity contribution in [3.63, 3.8) is 0 Å². The van der Waals surface area contributed by atoms with E-state index in [1.165, 1.54) is 16.7 Å². The fourth-order valence-corrected chi connectivity index (χ4v) is 4.14. The Labute approximate surface area is 160 Å². The van der Waals surface area contributed by atoms with Crippen LogP contribution in [0.2, 0.25) is 0 Å². The second kappa shape index (κ2) is 8.16. The number of nitrogens with two attached hydrogens (primary N) is 1. The zero-order valence-corrected chi connectivity index (χ0v) is 15.8. The molecule has 1 amide bonds. The van der Waals surface area contributed by atoms with Crippen molar-refractivity contribution in [2.45, 2.75) is 18.0 Å². The highest BCUT2D eigenvalue weighted by Crippen LogP contribution is 2.40. The zero-order chi connectivity index (χ0) is 18.7. The van der Waals surface area contributed by atoms with E-state index in [9.17, 15) is 9.59 Å². The fourth-order valence-electron chi connectivity index (χ4n) is 2.78. The number of halogens is 1. The van der Waals surface area contributed by atoms with Crippen LogP contribution in [0.25, 0.3) is 0 Å². The Bertz CT molecular complexity index is 763. The topological polar surface area (TPSA) is 81.9 Å². The molecular formula is C18H19ClN2O4S. The van der Waals surface area contributed by atoms with Crippen LogP contribution in [-0.4, -0.2) is 46.9 Å². The third-order valence-corrected chi connectivity index (χ3v) is 5.67. The summed E-state index contributed by atoms with van der Waals surface area (Å²) < 4.78 is 10.5. The maximum Gasteiger partial charge on any atom is 0.355 e. The Balaban J connectivity index is 1.77.